The fraction of sp³-hybridized carbons (Fsp3) is 0.484. The molecule has 1 saturated heterocycles. The van der Waals surface area contributed by atoms with Gasteiger partial charge in [-0.15, -0.1) is 0 Å². The normalized spacial score (nSPS) is 18.1. The molecule has 5 N–H and O–H groups in total. The van der Waals surface area contributed by atoms with Gasteiger partial charge in [0.25, 0.3) is 0 Å². The maximum Gasteiger partial charge on any atom is 0.0594 e. The second-order valence-electron chi connectivity index (χ2n) is 10.2. The van der Waals surface area contributed by atoms with Gasteiger partial charge < -0.3 is 31.5 Å². The molecule has 0 aromatic heterocycles. The first-order valence-electron chi connectivity index (χ1n) is 13.9. The maximum atomic E-state index is 8.29. The number of nitrogens with one attached hydrogen (secondary N) is 5. The lowest BCUT2D eigenvalue weighted by Crippen LogP contribution is -2.39. The van der Waals surface area contributed by atoms with E-state index in [1.807, 2.05) is 26.2 Å². The number of allylic oxidation sites excluding steroid dienone is 6. The van der Waals surface area contributed by atoms with Crippen molar-refractivity contribution in [2.45, 2.75) is 52.0 Å². The number of rotatable bonds is 14. The Labute approximate surface area is 229 Å². The molecule has 0 bridgehead atoms. The van der Waals surface area contributed by atoms with Crippen molar-refractivity contribution in [3.05, 3.63) is 70.6 Å². The van der Waals surface area contributed by atoms with E-state index in [0.29, 0.717) is 12.5 Å². The molecular formula is C31H46N6O. The van der Waals surface area contributed by atoms with E-state index in [2.05, 4.69) is 52.6 Å². The van der Waals surface area contributed by atoms with Crippen molar-refractivity contribution in [3.8, 4) is 0 Å². The van der Waals surface area contributed by atoms with Gasteiger partial charge in [-0.25, -0.2) is 0 Å². The molecule has 3 rings (SSSR count). The van der Waals surface area contributed by atoms with Crippen LogP contribution in [0.1, 0.15) is 56.2 Å². The molecule has 1 aliphatic carbocycles. The number of nitrogens with zero attached hydrogens (tertiary/aromatic N) is 1. The predicted octanol–water partition coefficient (Wildman–Crippen LogP) is 5.12. The molecule has 1 aliphatic heterocycles. The summed E-state index contributed by atoms with van der Waals surface area (Å²) < 4.78 is 5.44. The van der Waals surface area contributed by atoms with E-state index < -0.39 is 0 Å². The van der Waals surface area contributed by atoms with Gasteiger partial charge in [0.1, 0.15) is 0 Å². The molecular weight excluding hydrogens is 472 g/mol. The zero-order chi connectivity index (χ0) is 27.3. The molecule has 1 aromatic carbocycles. The third-order valence-electron chi connectivity index (χ3n) is 7.51. The largest absolute Gasteiger partial charge is 0.392 e. The van der Waals surface area contributed by atoms with Gasteiger partial charge in [0.15, 0.2) is 0 Å². The Morgan fingerprint density at radius 2 is 1.89 bits per heavy atom. The van der Waals surface area contributed by atoms with Crippen molar-refractivity contribution >= 4 is 23.7 Å². The van der Waals surface area contributed by atoms with E-state index in [9.17, 15) is 0 Å². The Hall–Kier alpha value is -3.16. The predicted molar refractivity (Wildman–Crippen MR) is 162 cm³/mol. The number of benzene rings is 1. The number of ether oxygens (including phenoxy) is 1. The molecule has 7 heteroatoms. The minimum Gasteiger partial charge on any atom is -0.392 e. The van der Waals surface area contributed by atoms with Crippen molar-refractivity contribution in [2.24, 2.45) is 0 Å². The summed E-state index contributed by atoms with van der Waals surface area (Å²) >= 11 is 0. The first kappa shape index (κ1) is 29.4. The average molecular weight is 519 g/mol. The maximum absolute atomic E-state index is 8.29. The number of morpholine rings is 1. The van der Waals surface area contributed by atoms with E-state index in [-0.39, 0.29) is 0 Å². The van der Waals surface area contributed by atoms with Crippen LogP contribution in [0.15, 0.2) is 53.9 Å². The fourth-order valence-corrected chi connectivity index (χ4v) is 5.11. The number of anilines is 1. The summed E-state index contributed by atoms with van der Waals surface area (Å²) in [7, 11) is 1.92. The van der Waals surface area contributed by atoms with Crippen LogP contribution in [0.25, 0.3) is 5.57 Å². The minimum absolute atomic E-state index is 0.424. The molecule has 1 heterocycles. The van der Waals surface area contributed by atoms with Crippen molar-refractivity contribution in [1.29, 1.82) is 10.8 Å². The highest BCUT2D eigenvalue weighted by molar-refractivity contribution is 6.09. The summed E-state index contributed by atoms with van der Waals surface area (Å²) in [6, 6.07) is 4.66. The van der Waals surface area contributed by atoms with E-state index in [1.165, 1.54) is 25.3 Å². The van der Waals surface area contributed by atoms with Gasteiger partial charge in [-0.2, -0.15) is 0 Å². The van der Waals surface area contributed by atoms with Crippen LogP contribution in [0.3, 0.4) is 0 Å². The smallest absolute Gasteiger partial charge is 0.0594 e. The zero-order valence-electron chi connectivity index (χ0n) is 23.5. The van der Waals surface area contributed by atoms with Crippen LogP contribution in [0.4, 0.5) is 5.69 Å². The quantitative estimate of drug-likeness (QED) is 0.134. The summed E-state index contributed by atoms with van der Waals surface area (Å²) in [5.41, 5.74) is 8.10. The molecule has 7 nitrogen and oxygen atoms in total. The van der Waals surface area contributed by atoms with Crippen LogP contribution in [0.5, 0.6) is 0 Å². The molecule has 1 saturated carbocycles. The summed E-state index contributed by atoms with van der Waals surface area (Å²) in [5, 5.41) is 26.8. The molecule has 2 fully saturated rings. The lowest BCUT2D eigenvalue weighted by Gasteiger charge is -2.26. The van der Waals surface area contributed by atoms with Gasteiger partial charge in [0.05, 0.1) is 13.2 Å². The van der Waals surface area contributed by atoms with Gasteiger partial charge in [-0.05, 0) is 73.6 Å². The standard InChI is InChI=1S/C31H46N6O/c1-5-25(23(2)16-24(3)34-4)17-27-18-26(19-31(30(27)21-33)36-29-8-6-7-9-29)28(20-32)22-35-10-11-37-12-14-38-15-13-37/h5,16,18-22,29,32-36H,1,6-15,17H2,2-4H3/b24-16-,25-23+,28-22+,32-20?,33-21?. The monoisotopic (exact) mass is 518 g/mol. The molecule has 0 amide bonds. The zero-order valence-corrected chi connectivity index (χ0v) is 23.5. The molecule has 0 atom stereocenters. The highest BCUT2D eigenvalue weighted by Gasteiger charge is 2.19. The van der Waals surface area contributed by atoms with Crippen LogP contribution in [-0.4, -0.2) is 69.8 Å². The lowest BCUT2D eigenvalue weighted by molar-refractivity contribution is 0.0388. The first-order chi connectivity index (χ1) is 18.5. The van der Waals surface area contributed by atoms with Crippen LogP contribution >= 0.6 is 0 Å². The van der Waals surface area contributed by atoms with E-state index in [1.54, 1.807) is 0 Å². The number of hydrogen-bond donors (Lipinski definition) is 5. The van der Waals surface area contributed by atoms with E-state index in [0.717, 1.165) is 97.0 Å². The van der Waals surface area contributed by atoms with Crippen molar-refractivity contribution in [2.75, 3.05) is 51.8 Å². The average Bonchev–Trinajstić information content (AvgIpc) is 3.45. The van der Waals surface area contributed by atoms with Gasteiger partial charge in [0, 0.05) is 80.4 Å². The van der Waals surface area contributed by atoms with Gasteiger partial charge >= 0.3 is 0 Å². The topological polar surface area (TPSA) is 96.3 Å². The SMILES string of the molecule is C=C/C(Cc1cc(/C(C=N)=C/NCCN2CCOCC2)cc(NC2CCCC2)c1C=N)=C(C)\C=C(\C)NC. The highest BCUT2D eigenvalue weighted by atomic mass is 16.5. The van der Waals surface area contributed by atoms with Crippen molar-refractivity contribution in [3.63, 3.8) is 0 Å². The highest BCUT2D eigenvalue weighted by Crippen LogP contribution is 2.31. The van der Waals surface area contributed by atoms with Crippen LogP contribution in [-0.2, 0) is 11.2 Å². The Kier molecular flexibility index (Phi) is 11.8. The third-order valence-corrected chi connectivity index (χ3v) is 7.51. The fourth-order valence-electron chi connectivity index (χ4n) is 5.11. The van der Waals surface area contributed by atoms with E-state index >= 15 is 0 Å². The van der Waals surface area contributed by atoms with Crippen molar-refractivity contribution in [1.82, 2.24) is 15.5 Å². The van der Waals surface area contributed by atoms with Crippen LogP contribution in [0, 0.1) is 10.8 Å². The van der Waals surface area contributed by atoms with Gasteiger partial charge in [-0.1, -0.05) is 25.5 Å². The lowest BCUT2D eigenvalue weighted by atomic mass is 9.92. The molecule has 1 aromatic rings. The first-order valence-corrected chi connectivity index (χ1v) is 13.9. The summed E-state index contributed by atoms with van der Waals surface area (Å²) in [6.45, 7) is 13.5. The van der Waals surface area contributed by atoms with Gasteiger partial charge in [0.2, 0.25) is 0 Å². The molecule has 2 aliphatic rings. The van der Waals surface area contributed by atoms with Gasteiger partial charge in [-0.3, -0.25) is 4.90 Å². The second kappa shape index (κ2) is 15.3. The Bertz CT molecular complexity index is 1060. The Balaban J connectivity index is 1.93. The Morgan fingerprint density at radius 1 is 1.16 bits per heavy atom. The molecule has 206 valence electrons. The molecule has 0 radical (unpaired) electrons. The minimum atomic E-state index is 0.424. The molecule has 0 spiro atoms. The van der Waals surface area contributed by atoms with E-state index in [4.69, 9.17) is 15.6 Å². The van der Waals surface area contributed by atoms with Crippen molar-refractivity contribution < 1.29 is 4.74 Å². The summed E-state index contributed by atoms with van der Waals surface area (Å²) in [5.74, 6) is 0. The Morgan fingerprint density at radius 3 is 2.53 bits per heavy atom. The molecule has 0 unspecified atom stereocenters. The third kappa shape index (κ3) is 8.43. The summed E-state index contributed by atoms with van der Waals surface area (Å²) in [6.07, 6.45) is 14.3. The molecule has 38 heavy (non-hydrogen) atoms. The van der Waals surface area contributed by atoms with Crippen LogP contribution < -0.4 is 16.0 Å². The second-order valence-corrected chi connectivity index (χ2v) is 10.2. The van der Waals surface area contributed by atoms with Crippen LogP contribution in [0.2, 0.25) is 0 Å². The number of hydrogen-bond acceptors (Lipinski definition) is 7. The summed E-state index contributed by atoms with van der Waals surface area (Å²) in [4.78, 5) is 2.39.